The molecule has 2 rings (SSSR count). The van der Waals surface area contributed by atoms with Gasteiger partial charge in [-0.2, -0.15) is 18.3 Å². The van der Waals surface area contributed by atoms with Crippen molar-refractivity contribution in [2.45, 2.75) is 12.7 Å². The van der Waals surface area contributed by atoms with Crippen molar-refractivity contribution in [2.24, 2.45) is 0 Å². The molecule has 0 unspecified atom stereocenters. The summed E-state index contributed by atoms with van der Waals surface area (Å²) in [6.07, 6.45) is -1.97. The first-order chi connectivity index (χ1) is 9.46. The molecule has 4 nitrogen and oxygen atoms in total. The van der Waals surface area contributed by atoms with Gasteiger partial charge in [0.15, 0.2) is 0 Å². The molecule has 2 aromatic rings. The normalized spacial score (nSPS) is 11.3. The Morgan fingerprint density at radius 1 is 1.25 bits per heavy atom. The molecule has 0 spiro atoms. The van der Waals surface area contributed by atoms with Gasteiger partial charge < -0.3 is 4.90 Å². The zero-order valence-electron chi connectivity index (χ0n) is 10.4. The predicted octanol–water partition coefficient (Wildman–Crippen LogP) is 2.61. The van der Waals surface area contributed by atoms with Crippen LogP contribution in [0.4, 0.5) is 13.2 Å². The van der Waals surface area contributed by atoms with E-state index in [0.29, 0.717) is 5.56 Å². The number of rotatable bonds is 4. The smallest absolute Gasteiger partial charge is 0.325 e. The van der Waals surface area contributed by atoms with Gasteiger partial charge in [-0.05, 0) is 5.56 Å². The summed E-state index contributed by atoms with van der Waals surface area (Å²) in [4.78, 5) is 12.8. The van der Waals surface area contributed by atoms with Crippen molar-refractivity contribution in [3.8, 4) is 0 Å². The number of H-pyrrole nitrogens is 1. The van der Waals surface area contributed by atoms with Crippen LogP contribution in [0.1, 0.15) is 15.9 Å². The molecule has 0 aliphatic heterocycles. The Kier molecular flexibility index (Phi) is 4.07. The number of nitrogens with one attached hydrogen (secondary N) is 1. The van der Waals surface area contributed by atoms with E-state index in [1.807, 2.05) is 0 Å². The van der Waals surface area contributed by atoms with E-state index in [4.69, 9.17) is 0 Å². The van der Waals surface area contributed by atoms with Crippen LogP contribution in [0.15, 0.2) is 42.7 Å². The summed E-state index contributed by atoms with van der Waals surface area (Å²) >= 11 is 0. The molecule has 0 aliphatic carbocycles. The lowest BCUT2D eigenvalue weighted by Gasteiger charge is -2.23. The number of carbonyl (C=O) groups excluding carboxylic acids is 1. The monoisotopic (exact) mass is 283 g/mol. The average Bonchev–Trinajstić information content (AvgIpc) is 2.90. The average molecular weight is 283 g/mol. The molecule has 0 aliphatic rings. The molecule has 0 fully saturated rings. The van der Waals surface area contributed by atoms with Gasteiger partial charge >= 0.3 is 6.18 Å². The van der Waals surface area contributed by atoms with Gasteiger partial charge in [-0.25, -0.2) is 0 Å². The fourth-order valence-electron chi connectivity index (χ4n) is 1.77. The lowest BCUT2D eigenvalue weighted by molar-refractivity contribution is -0.141. The Morgan fingerprint density at radius 3 is 2.50 bits per heavy atom. The van der Waals surface area contributed by atoms with Crippen molar-refractivity contribution >= 4 is 5.91 Å². The number of aromatic nitrogens is 2. The maximum atomic E-state index is 12.6. The van der Waals surface area contributed by atoms with E-state index in [0.717, 1.165) is 4.90 Å². The number of nitrogens with zero attached hydrogens (tertiary/aromatic N) is 2. The molecule has 7 heteroatoms. The van der Waals surface area contributed by atoms with Crippen LogP contribution in [0.2, 0.25) is 0 Å². The minimum atomic E-state index is -4.45. The molecule has 1 heterocycles. The highest BCUT2D eigenvalue weighted by molar-refractivity contribution is 5.93. The van der Waals surface area contributed by atoms with E-state index in [1.54, 1.807) is 30.3 Å². The van der Waals surface area contributed by atoms with E-state index >= 15 is 0 Å². The van der Waals surface area contributed by atoms with E-state index in [1.165, 1.54) is 12.4 Å². The minimum Gasteiger partial charge on any atom is -0.325 e. The van der Waals surface area contributed by atoms with Gasteiger partial charge in [-0.15, -0.1) is 0 Å². The molecule has 0 saturated heterocycles. The summed E-state index contributed by atoms with van der Waals surface area (Å²) in [5.41, 5.74) is 0.735. The number of halogens is 3. The molecule has 1 aromatic carbocycles. The Hall–Kier alpha value is -2.31. The van der Waals surface area contributed by atoms with Crippen LogP contribution >= 0.6 is 0 Å². The Labute approximate surface area is 113 Å². The Morgan fingerprint density at radius 2 is 1.95 bits per heavy atom. The summed E-state index contributed by atoms with van der Waals surface area (Å²) < 4.78 is 37.8. The molecule has 1 N–H and O–H groups in total. The third-order valence-electron chi connectivity index (χ3n) is 2.62. The number of alkyl halides is 3. The molecule has 20 heavy (non-hydrogen) atoms. The van der Waals surface area contributed by atoms with Crippen molar-refractivity contribution in [1.29, 1.82) is 0 Å². The molecule has 1 amide bonds. The summed E-state index contributed by atoms with van der Waals surface area (Å²) in [6.45, 7) is -1.41. The van der Waals surface area contributed by atoms with Crippen LogP contribution < -0.4 is 0 Å². The molecule has 106 valence electrons. The van der Waals surface area contributed by atoms with Crippen LogP contribution in [-0.4, -0.2) is 33.7 Å². The molecule has 0 bridgehead atoms. The fourth-order valence-corrected chi connectivity index (χ4v) is 1.77. The predicted molar refractivity (Wildman–Crippen MR) is 65.8 cm³/mol. The van der Waals surface area contributed by atoms with Gasteiger partial charge in [-0.1, -0.05) is 30.3 Å². The van der Waals surface area contributed by atoms with Crippen LogP contribution in [0, 0.1) is 0 Å². The summed E-state index contributed by atoms with van der Waals surface area (Å²) in [5, 5.41) is 5.99. The van der Waals surface area contributed by atoms with Gasteiger partial charge in [-0.3, -0.25) is 9.89 Å². The first-order valence-electron chi connectivity index (χ1n) is 5.84. The highest BCUT2D eigenvalue weighted by Crippen LogP contribution is 2.19. The second kappa shape index (κ2) is 5.77. The minimum absolute atomic E-state index is 0.102. The first kappa shape index (κ1) is 14.1. The number of hydrogen-bond donors (Lipinski definition) is 1. The van der Waals surface area contributed by atoms with Gasteiger partial charge in [0, 0.05) is 12.7 Å². The van der Waals surface area contributed by atoms with Crippen molar-refractivity contribution in [3.05, 3.63) is 53.9 Å². The first-order valence-corrected chi connectivity index (χ1v) is 5.84. The van der Waals surface area contributed by atoms with Gasteiger partial charge in [0.2, 0.25) is 0 Å². The standard InChI is InChI=1S/C13H12F3N3O/c14-13(15,16)9-19(8-10-4-2-1-3-5-10)12(20)11-6-17-18-7-11/h1-7H,8-9H2,(H,17,18). The number of carbonyl (C=O) groups is 1. The van der Waals surface area contributed by atoms with E-state index in [9.17, 15) is 18.0 Å². The molecule has 0 atom stereocenters. The largest absolute Gasteiger partial charge is 0.406 e. The lowest BCUT2D eigenvalue weighted by Crippen LogP contribution is -2.38. The third kappa shape index (κ3) is 3.84. The van der Waals surface area contributed by atoms with Crippen molar-refractivity contribution in [2.75, 3.05) is 6.54 Å². The number of aromatic amines is 1. The number of amides is 1. The highest BCUT2D eigenvalue weighted by atomic mass is 19.4. The van der Waals surface area contributed by atoms with Crippen molar-refractivity contribution in [1.82, 2.24) is 15.1 Å². The quantitative estimate of drug-likeness (QED) is 0.937. The number of benzene rings is 1. The van der Waals surface area contributed by atoms with Crippen LogP contribution in [0.25, 0.3) is 0 Å². The second-order valence-corrected chi connectivity index (χ2v) is 4.25. The zero-order valence-corrected chi connectivity index (χ0v) is 10.4. The van der Waals surface area contributed by atoms with Crippen molar-refractivity contribution < 1.29 is 18.0 Å². The maximum absolute atomic E-state index is 12.6. The topological polar surface area (TPSA) is 49.0 Å². The maximum Gasteiger partial charge on any atom is 0.406 e. The van der Waals surface area contributed by atoms with E-state index in [-0.39, 0.29) is 12.1 Å². The highest BCUT2D eigenvalue weighted by Gasteiger charge is 2.33. The van der Waals surface area contributed by atoms with Crippen molar-refractivity contribution in [3.63, 3.8) is 0 Å². The van der Waals surface area contributed by atoms with Gasteiger partial charge in [0.1, 0.15) is 6.54 Å². The summed E-state index contributed by atoms with van der Waals surface area (Å²) in [6, 6.07) is 8.53. The molecule has 1 aromatic heterocycles. The lowest BCUT2D eigenvalue weighted by atomic mass is 10.2. The SMILES string of the molecule is O=C(c1cn[nH]c1)N(Cc1ccccc1)CC(F)(F)F. The van der Waals surface area contributed by atoms with Crippen LogP contribution in [0.3, 0.4) is 0 Å². The van der Waals surface area contributed by atoms with E-state index in [2.05, 4.69) is 10.2 Å². The molecule has 0 radical (unpaired) electrons. The third-order valence-corrected chi connectivity index (χ3v) is 2.62. The summed E-state index contributed by atoms with van der Waals surface area (Å²) in [7, 11) is 0. The molecular weight excluding hydrogens is 271 g/mol. The molecule has 0 saturated carbocycles. The van der Waals surface area contributed by atoms with E-state index < -0.39 is 18.6 Å². The molecular formula is C13H12F3N3O. The van der Waals surface area contributed by atoms with Gasteiger partial charge in [0.05, 0.1) is 11.8 Å². The number of hydrogen-bond acceptors (Lipinski definition) is 2. The Balaban J connectivity index is 2.19. The van der Waals surface area contributed by atoms with Crippen LogP contribution in [-0.2, 0) is 6.54 Å². The Bertz CT molecular complexity index is 552. The summed E-state index contributed by atoms with van der Waals surface area (Å²) in [5.74, 6) is -0.708. The zero-order chi connectivity index (χ0) is 14.6. The second-order valence-electron chi connectivity index (χ2n) is 4.25. The fraction of sp³-hybridized carbons (Fsp3) is 0.231. The van der Waals surface area contributed by atoms with Gasteiger partial charge in [0.25, 0.3) is 5.91 Å². The van der Waals surface area contributed by atoms with Crippen LogP contribution in [0.5, 0.6) is 0 Å².